The fourth-order valence-electron chi connectivity index (χ4n) is 5.17. The van der Waals surface area contributed by atoms with Gasteiger partial charge in [0.25, 0.3) is 5.91 Å². The van der Waals surface area contributed by atoms with Gasteiger partial charge in [-0.1, -0.05) is 31.9 Å². The lowest BCUT2D eigenvalue weighted by Gasteiger charge is -2.23. The van der Waals surface area contributed by atoms with E-state index in [2.05, 4.69) is 16.9 Å². The number of nitrogens with zero attached hydrogens (tertiary/aromatic N) is 2. The summed E-state index contributed by atoms with van der Waals surface area (Å²) in [6, 6.07) is 9.66. The van der Waals surface area contributed by atoms with E-state index in [1.54, 1.807) is 6.07 Å². The van der Waals surface area contributed by atoms with Crippen LogP contribution in [0.3, 0.4) is 0 Å². The first-order valence-corrected chi connectivity index (χ1v) is 12.8. The maximum absolute atomic E-state index is 13.6. The van der Waals surface area contributed by atoms with E-state index in [1.165, 1.54) is 6.42 Å². The summed E-state index contributed by atoms with van der Waals surface area (Å²) in [6.07, 6.45) is 5.11. The van der Waals surface area contributed by atoms with Crippen LogP contribution in [0.2, 0.25) is 0 Å². The van der Waals surface area contributed by atoms with Gasteiger partial charge in [-0.15, -0.1) is 0 Å². The number of benzene rings is 2. The number of Topliss-reactive ketones (excluding diaryl/α,β-unsaturated/α-hetero) is 1. The number of amides is 1. The zero-order valence-electron chi connectivity index (χ0n) is 21.7. The summed E-state index contributed by atoms with van der Waals surface area (Å²) < 4.78 is 5.88. The number of anilines is 1. The Morgan fingerprint density at radius 2 is 1.81 bits per heavy atom. The Kier molecular flexibility index (Phi) is 8.11. The van der Waals surface area contributed by atoms with Crippen LogP contribution in [0.1, 0.15) is 64.7 Å². The minimum atomic E-state index is -0.0680. The Morgan fingerprint density at radius 3 is 2.50 bits per heavy atom. The molecule has 7 heteroatoms. The maximum atomic E-state index is 13.6. The number of aryl methyl sites for hydroxylation is 1. The van der Waals surface area contributed by atoms with Crippen molar-refractivity contribution in [2.24, 2.45) is 11.8 Å². The number of likely N-dealkylation sites (N-methyl/N-ethyl adjacent to an activating group) is 1. The molecule has 3 N–H and O–H groups in total. The van der Waals surface area contributed by atoms with Crippen LogP contribution in [-0.4, -0.2) is 48.7 Å². The summed E-state index contributed by atoms with van der Waals surface area (Å²) in [5.74, 6) is 6.60. The van der Waals surface area contributed by atoms with Gasteiger partial charge < -0.3 is 20.0 Å². The van der Waals surface area contributed by atoms with Crippen molar-refractivity contribution in [1.29, 1.82) is 0 Å². The molecule has 0 spiro atoms. The third kappa shape index (κ3) is 5.63. The van der Waals surface area contributed by atoms with Crippen LogP contribution < -0.4 is 16.0 Å². The van der Waals surface area contributed by atoms with Crippen LogP contribution in [0.4, 0.5) is 5.69 Å². The van der Waals surface area contributed by atoms with E-state index in [0.29, 0.717) is 42.1 Å². The minimum Gasteiger partial charge on any atom is -0.492 e. The van der Waals surface area contributed by atoms with Crippen molar-refractivity contribution in [2.45, 2.75) is 52.1 Å². The second kappa shape index (κ2) is 11.3. The summed E-state index contributed by atoms with van der Waals surface area (Å²) in [4.78, 5) is 30.8. The number of fused-ring (bicyclic) bond motifs is 1. The van der Waals surface area contributed by atoms with E-state index in [-0.39, 0.29) is 17.6 Å². The van der Waals surface area contributed by atoms with E-state index in [9.17, 15) is 9.59 Å². The molecule has 0 unspecified atom stereocenters. The number of nitrogens with one attached hydrogen (secondary N) is 1. The van der Waals surface area contributed by atoms with Crippen LogP contribution in [0.5, 0.6) is 5.75 Å². The predicted octanol–water partition coefficient (Wildman–Crippen LogP) is 4.54. The Hall–Kier alpha value is -3.16. The monoisotopic (exact) mass is 490 g/mol. The number of ether oxygens (including phenoxy) is 1. The normalized spacial score (nSPS) is 15.6. The van der Waals surface area contributed by atoms with Gasteiger partial charge in [-0.3, -0.25) is 15.4 Å². The van der Waals surface area contributed by atoms with Gasteiger partial charge in [-0.25, -0.2) is 0 Å². The number of nitrogens with two attached hydrogens (primary N) is 1. The molecule has 2 aliphatic rings. The first kappa shape index (κ1) is 25.9. The van der Waals surface area contributed by atoms with Crippen molar-refractivity contribution in [3.05, 3.63) is 64.7 Å². The number of hydrogen-bond donors (Lipinski definition) is 2. The van der Waals surface area contributed by atoms with Gasteiger partial charge in [0.15, 0.2) is 5.78 Å². The van der Waals surface area contributed by atoms with E-state index in [4.69, 9.17) is 10.6 Å². The molecular weight excluding hydrogens is 452 g/mol. The van der Waals surface area contributed by atoms with E-state index >= 15 is 0 Å². The molecule has 36 heavy (non-hydrogen) atoms. The topological polar surface area (TPSA) is 87.9 Å². The number of carbonyl (C=O) groups excluding carboxylic acids is 2. The Balaban J connectivity index is 1.52. The largest absolute Gasteiger partial charge is 0.492 e. The molecule has 0 radical (unpaired) electrons. The lowest BCUT2D eigenvalue weighted by molar-refractivity contribution is -0.118. The Labute approximate surface area is 214 Å². The van der Waals surface area contributed by atoms with Crippen LogP contribution in [0.15, 0.2) is 36.9 Å². The van der Waals surface area contributed by atoms with Crippen LogP contribution in [-0.2, 0) is 17.9 Å². The zero-order valence-corrected chi connectivity index (χ0v) is 21.7. The number of ketones is 1. The summed E-state index contributed by atoms with van der Waals surface area (Å²) in [5, 5.41) is 0. The Bertz CT molecular complexity index is 1150. The quantitative estimate of drug-likeness (QED) is 0.305. The second-order valence-corrected chi connectivity index (χ2v) is 10.3. The van der Waals surface area contributed by atoms with Crippen LogP contribution in [0.25, 0.3) is 5.57 Å². The van der Waals surface area contributed by atoms with Crippen molar-refractivity contribution < 1.29 is 14.3 Å². The lowest BCUT2D eigenvalue weighted by Crippen LogP contribution is -2.27. The molecule has 0 bridgehead atoms. The lowest BCUT2D eigenvalue weighted by atomic mass is 9.82. The number of rotatable bonds is 9. The fraction of sp³-hybridized carbons (Fsp3) is 0.448. The summed E-state index contributed by atoms with van der Waals surface area (Å²) in [5.41, 5.74) is 7.94. The molecule has 1 aliphatic carbocycles. The second-order valence-electron chi connectivity index (χ2n) is 10.3. The highest BCUT2D eigenvalue weighted by molar-refractivity contribution is 6.22. The molecule has 7 nitrogen and oxygen atoms in total. The van der Waals surface area contributed by atoms with Gasteiger partial charge in [-0.05, 0) is 74.8 Å². The van der Waals surface area contributed by atoms with E-state index in [1.807, 2.05) is 50.2 Å². The molecule has 2 aromatic rings. The van der Waals surface area contributed by atoms with Crippen molar-refractivity contribution in [1.82, 2.24) is 9.80 Å². The molecular formula is C29H38N4O3. The number of carbonyl (C=O) groups is 2. The minimum absolute atomic E-state index is 0.000416. The molecule has 1 fully saturated rings. The van der Waals surface area contributed by atoms with E-state index < -0.39 is 0 Å². The predicted molar refractivity (Wildman–Crippen MR) is 144 cm³/mol. The van der Waals surface area contributed by atoms with Gasteiger partial charge >= 0.3 is 0 Å². The van der Waals surface area contributed by atoms with Crippen molar-refractivity contribution in [2.75, 3.05) is 32.7 Å². The molecule has 1 saturated carbocycles. The molecule has 192 valence electrons. The number of hydrazine groups is 1. The first-order valence-electron chi connectivity index (χ1n) is 12.8. The fourth-order valence-corrected chi connectivity index (χ4v) is 5.17. The number of hydrogen-bond acceptors (Lipinski definition) is 6. The van der Waals surface area contributed by atoms with Gasteiger partial charge in [-0.2, -0.15) is 0 Å². The highest BCUT2D eigenvalue weighted by atomic mass is 16.5. The summed E-state index contributed by atoms with van der Waals surface area (Å²) in [6.45, 7) is 8.53. The zero-order chi connectivity index (χ0) is 25.8. The average Bonchev–Trinajstić information content (AvgIpc) is 3.31. The van der Waals surface area contributed by atoms with Crippen molar-refractivity contribution in [3.8, 4) is 5.75 Å². The van der Waals surface area contributed by atoms with Gasteiger partial charge in [0.1, 0.15) is 12.4 Å². The molecule has 1 heterocycles. The van der Waals surface area contributed by atoms with Crippen LogP contribution in [0, 0.1) is 12.8 Å². The van der Waals surface area contributed by atoms with E-state index in [0.717, 1.165) is 54.7 Å². The third-order valence-corrected chi connectivity index (χ3v) is 7.34. The van der Waals surface area contributed by atoms with Gasteiger partial charge in [0.2, 0.25) is 0 Å². The van der Waals surface area contributed by atoms with Crippen molar-refractivity contribution >= 4 is 23.0 Å². The highest BCUT2D eigenvalue weighted by Crippen LogP contribution is 2.34. The molecule has 0 atom stereocenters. The first-order chi connectivity index (χ1) is 17.3. The molecule has 0 saturated heterocycles. The van der Waals surface area contributed by atoms with Crippen LogP contribution >= 0.6 is 0 Å². The standard InChI is InChI=1S/C29H38N4O3/c1-19-14-27(31-30)26(20(2)28(34)21-8-6-5-7-9-21)16-25(19)29(35)33-17-22-10-11-24(15-23(22)18-33)36-13-12-32(3)4/h10-11,14-16,21,31H,2,5-9,12-13,17-18,30H2,1,3-4H3. The SMILES string of the molecule is C=C(C(=O)C1CCCCC1)c1cc(C(=O)N2Cc3ccc(OCCN(C)C)cc3C2)c(C)cc1NN. The van der Waals surface area contributed by atoms with Gasteiger partial charge in [0, 0.05) is 42.3 Å². The molecule has 4 rings (SSSR count). The third-order valence-electron chi connectivity index (χ3n) is 7.34. The molecule has 1 aliphatic heterocycles. The molecule has 2 aromatic carbocycles. The van der Waals surface area contributed by atoms with Gasteiger partial charge in [0.05, 0.1) is 5.69 Å². The maximum Gasteiger partial charge on any atom is 0.254 e. The molecule has 1 amide bonds. The number of nitrogen functional groups attached to an aromatic ring is 1. The molecule has 0 aromatic heterocycles. The summed E-state index contributed by atoms with van der Waals surface area (Å²) >= 11 is 0. The van der Waals surface area contributed by atoms with Crippen molar-refractivity contribution in [3.63, 3.8) is 0 Å². The smallest absolute Gasteiger partial charge is 0.254 e. The average molecular weight is 491 g/mol. The highest BCUT2D eigenvalue weighted by Gasteiger charge is 2.29. The number of allylic oxidation sites excluding steroid dienone is 1. The summed E-state index contributed by atoms with van der Waals surface area (Å²) in [7, 11) is 4.03. The Morgan fingerprint density at radius 1 is 1.08 bits per heavy atom.